The van der Waals surface area contributed by atoms with E-state index >= 15 is 0 Å². The van der Waals surface area contributed by atoms with Crippen LogP contribution in [0, 0.1) is 0 Å². The Morgan fingerprint density at radius 2 is 1.35 bits per heavy atom. The van der Waals surface area contributed by atoms with E-state index in [0.717, 1.165) is 10.9 Å². The molecule has 17 heavy (non-hydrogen) atoms. The Morgan fingerprint density at radius 1 is 0.941 bits per heavy atom. The Balaban J connectivity index is 0.000000270. The van der Waals surface area contributed by atoms with Crippen molar-refractivity contribution in [3.8, 4) is 0 Å². The first-order valence-electron chi connectivity index (χ1n) is 5.46. The number of hydrogen-bond donors (Lipinski definition) is 0. The van der Waals surface area contributed by atoms with Crippen LogP contribution in [0.1, 0.15) is 6.42 Å². The van der Waals surface area contributed by atoms with E-state index in [1.165, 1.54) is 0 Å². The van der Waals surface area contributed by atoms with E-state index in [-0.39, 0.29) is 0 Å². The van der Waals surface area contributed by atoms with Gasteiger partial charge in [-0.25, -0.2) is 0 Å². The van der Waals surface area contributed by atoms with Crippen LogP contribution >= 0.6 is 17.0 Å². The average molecular weight is 352 g/mol. The normalized spacial score (nSPS) is 16.3. The van der Waals surface area contributed by atoms with Gasteiger partial charge in [0.2, 0.25) is 0 Å². The van der Waals surface area contributed by atoms with Crippen molar-refractivity contribution in [2.24, 2.45) is 0 Å². The summed E-state index contributed by atoms with van der Waals surface area (Å²) >= 11 is -0.826. The summed E-state index contributed by atoms with van der Waals surface area (Å²) in [5, 5.41) is 0. The molecular weight excluding hydrogens is 332 g/mol. The van der Waals surface area contributed by atoms with Crippen molar-refractivity contribution in [2.75, 3.05) is 21.1 Å². The van der Waals surface area contributed by atoms with Crippen molar-refractivity contribution >= 4 is 17.0 Å². The van der Waals surface area contributed by atoms with Crippen LogP contribution in [0.3, 0.4) is 0 Å². The molecule has 2 rings (SSSR count). The third-order valence-corrected chi connectivity index (χ3v) is 2.28. The van der Waals surface area contributed by atoms with E-state index < -0.39 is 20.8 Å². The molecule has 0 atom stereocenters. The summed E-state index contributed by atoms with van der Waals surface area (Å²) < 4.78 is 0.993. The summed E-state index contributed by atoms with van der Waals surface area (Å²) in [5.41, 5.74) is 0. The summed E-state index contributed by atoms with van der Waals surface area (Å²) in [7, 11) is 16.5. The zero-order valence-corrected chi connectivity index (χ0v) is 14.6. The molecule has 0 spiro atoms. The van der Waals surface area contributed by atoms with Crippen molar-refractivity contribution < 1.29 is 25.3 Å². The first kappa shape index (κ1) is 17.4. The molecule has 0 amide bonds. The van der Waals surface area contributed by atoms with E-state index in [1.807, 2.05) is 0 Å². The molecule has 0 heterocycles. The minimum absolute atomic E-state index is 0.588. The first-order chi connectivity index (χ1) is 8.02. The molecule has 0 aromatic heterocycles. The van der Waals surface area contributed by atoms with Crippen LogP contribution in [0.5, 0.6) is 0 Å². The van der Waals surface area contributed by atoms with Gasteiger partial charge in [-0.1, -0.05) is 36.5 Å². The van der Waals surface area contributed by atoms with Gasteiger partial charge in [0.15, 0.2) is 0 Å². The van der Waals surface area contributed by atoms with E-state index in [9.17, 15) is 0 Å². The quantitative estimate of drug-likeness (QED) is 0.624. The van der Waals surface area contributed by atoms with E-state index in [4.69, 9.17) is 17.0 Å². The first-order valence-corrected chi connectivity index (χ1v) is 11.8. The molecule has 0 N–H and O–H groups in total. The fourth-order valence-corrected chi connectivity index (χ4v) is 1.33. The Kier molecular flexibility index (Phi) is 10.6. The molecule has 2 aliphatic carbocycles. The number of rotatable bonds is 1. The van der Waals surface area contributed by atoms with Crippen LogP contribution in [0.4, 0.5) is 0 Å². The summed E-state index contributed by atoms with van der Waals surface area (Å²) in [5.74, 6) is 0. The summed E-state index contributed by atoms with van der Waals surface area (Å²) in [6, 6.07) is 0.588. The van der Waals surface area contributed by atoms with Crippen LogP contribution in [-0.4, -0.2) is 31.7 Å². The standard InChI is InChI=1S/C8H14N.C5H6.2ClH.Zr/c1-9(2,3)8-6-4-5-7-8;1-2-4-5-3-1;;;/h4-8H,1-3H3;1-4H,5H2;2*1H;/q+1;;;;+2/p-2. The Morgan fingerprint density at radius 3 is 1.53 bits per heavy atom. The third-order valence-electron chi connectivity index (χ3n) is 2.28. The molecule has 94 valence electrons. The predicted octanol–water partition coefficient (Wildman–Crippen LogP) is 4.07. The number of likely N-dealkylation sites (N-methyl/N-ethyl adjacent to an activating group) is 1. The van der Waals surface area contributed by atoms with E-state index in [2.05, 4.69) is 69.8 Å². The summed E-state index contributed by atoms with van der Waals surface area (Å²) in [4.78, 5) is 0. The number of allylic oxidation sites excluding steroid dienone is 6. The predicted molar refractivity (Wildman–Crippen MR) is 74.7 cm³/mol. The second-order valence-corrected chi connectivity index (χ2v) is 8.27. The molecule has 0 unspecified atom stereocenters. The number of hydrogen-bond acceptors (Lipinski definition) is 0. The van der Waals surface area contributed by atoms with Crippen molar-refractivity contribution in [1.29, 1.82) is 0 Å². The molecule has 0 aromatic carbocycles. The van der Waals surface area contributed by atoms with Crippen LogP contribution < -0.4 is 0 Å². The van der Waals surface area contributed by atoms with Crippen LogP contribution in [0.25, 0.3) is 0 Å². The van der Waals surface area contributed by atoms with Gasteiger partial charge in [-0.05, 0) is 18.6 Å². The second-order valence-electron chi connectivity index (χ2n) is 4.54. The maximum atomic E-state index is 4.93. The average Bonchev–Trinajstić information content (AvgIpc) is 2.95. The molecular formula is C13H20Cl2NZr+. The number of nitrogens with zero attached hydrogens (tertiary/aromatic N) is 1. The van der Waals surface area contributed by atoms with Gasteiger partial charge in [-0.3, -0.25) is 0 Å². The minimum atomic E-state index is -0.826. The van der Waals surface area contributed by atoms with Gasteiger partial charge in [0.25, 0.3) is 0 Å². The van der Waals surface area contributed by atoms with Crippen LogP contribution in [0.2, 0.25) is 0 Å². The SMILES string of the molecule is C1=CCC=C1.C[N+](C)(C)C1C=CC=C1.[Cl][Zr][Cl]. The van der Waals surface area contributed by atoms with Gasteiger partial charge in [0, 0.05) is 0 Å². The van der Waals surface area contributed by atoms with Crippen molar-refractivity contribution in [2.45, 2.75) is 12.5 Å². The zero-order valence-electron chi connectivity index (χ0n) is 10.6. The summed E-state index contributed by atoms with van der Waals surface area (Å²) in [6.45, 7) is 0. The van der Waals surface area contributed by atoms with Gasteiger partial charge in [-0.2, -0.15) is 0 Å². The third kappa shape index (κ3) is 10.0. The Hall–Kier alpha value is 0.383. The van der Waals surface area contributed by atoms with Crippen molar-refractivity contribution in [3.63, 3.8) is 0 Å². The van der Waals surface area contributed by atoms with Gasteiger partial charge in [0.1, 0.15) is 6.04 Å². The van der Waals surface area contributed by atoms with Gasteiger partial charge >= 0.3 is 37.9 Å². The molecule has 2 aliphatic rings. The number of quaternary nitrogens is 1. The monoisotopic (exact) mass is 350 g/mol. The Bertz CT molecular complexity index is 279. The van der Waals surface area contributed by atoms with Crippen molar-refractivity contribution in [1.82, 2.24) is 0 Å². The zero-order chi connectivity index (χ0) is 13.1. The molecule has 0 saturated carbocycles. The summed E-state index contributed by atoms with van der Waals surface area (Å²) in [6.07, 6.45) is 18.2. The van der Waals surface area contributed by atoms with Crippen molar-refractivity contribution in [3.05, 3.63) is 48.6 Å². The second kappa shape index (κ2) is 10.3. The maximum absolute atomic E-state index is 4.93. The van der Waals surface area contributed by atoms with Crippen LogP contribution in [-0.2, 0) is 20.8 Å². The van der Waals surface area contributed by atoms with E-state index in [0.29, 0.717) is 6.04 Å². The van der Waals surface area contributed by atoms with Gasteiger partial charge in [0.05, 0.1) is 21.1 Å². The Labute approximate surface area is 124 Å². The topological polar surface area (TPSA) is 0 Å². The molecule has 0 aliphatic heterocycles. The van der Waals surface area contributed by atoms with Crippen LogP contribution in [0.15, 0.2) is 48.6 Å². The van der Waals surface area contributed by atoms with Gasteiger partial charge < -0.3 is 4.48 Å². The molecule has 0 bridgehead atoms. The van der Waals surface area contributed by atoms with Gasteiger partial charge in [-0.15, -0.1) is 0 Å². The molecule has 4 heteroatoms. The molecule has 0 saturated heterocycles. The molecule has 0 fully saturated rings. The molecule has 1 nitrogen and oxygen atoms in total. The number of halogens is 2. The molecule has 0 aromatic rings. The van der Waals surface area contributed by atoms with E-state index in [1.54, 1.807) is 0 Å². The molecule has 0 radical (unpaired) electrons. The fourth-order valence-electron chi connectivity index (χ4n) is 1.33. The fraction of sp³-hybridized carbons (Fsp3) is 0.385.